The Morgan fingerprint density at radius 2 is 2.38 bits per heavy atom. The molecule has 1 saturated carbocycles. The smallest absolute Gasteiger partial charge is 0.0950 e. The zero-order valence-electron chi connectivity index (χ0n) is 8.07. The summed E-state index contributed by atoms with van der Waals surface area (Å²) < 4.78 is 5.05. The van der Waals surface area contributed by atoms with Crippen LogP contribution in [0.25, 0.3) is 0 Å². The second-order valence-corrected chi connectivity index (χ2v) is 4.15. The molecule has 2 heteroatoms. The SMILES string of the molecule is CC1CCCC1C(N)c1ccoc1. The highest BCUT2D eigenvalue weighted by atomic mass is 16.3. The number of furan rings is 1. The molecule has 1 heterocycles. The number of rotatable bonds is 2. The molecular weight excluding hydrogens is 162 g/mol. The molecular formula is C11H17NO. The molecule has 3 unspecified atom stereocenters. The summed E-state index contributed by atoms with van der Waals surface area (Å²) >= 11 is 0. The van der Waals surface area contributed by atoms with Crippen LogP contribution < -0.4 is 5.73 Å². The molecule has 0 radical (unpaired) electrons. The minimum absolute atomic E-state index is 0.177. The normalized spacial score (nSPS) is 30.6. The second kappa shape index (κ2) is 3.54. The molecule has 1 aromatic rings. The maximum absolute atomic E-state index is 6.18. The first-order valence-electron chi connectivity index (χ1n) is 5.06. The lowest BCUT2D eigenvalue weighted by molar-refractivity contribution is 0.349. The Labute approximate surface area is 79.1 Å². The molecule has 0 bridgehead atoms. The van der Waals surface area contributed by atoms with Crippen molar-refractivity contribution in [3.8, 4) is 0 Å². The van der Waals surface area contributed by atoms with Crippen LogP contribution in [0.15, 0.2) is 23.0 Å². The highest BCUT2D eigenvalue weighted by molar-refractivity contribution is 5.12. The van der Waals surface area contributed by atoms with Crippen molar-refractivity contribution in [2.75, 3.05) is 0 Å². The van der Waals surface area contributed by atoms with Crippen LogP contribution in [0.3, 0.4) is 0 Å². The quantitative estimate of drug-likeness (QED) is 0.758. The van der Waals surface area contributed by atoms with Crippen molar-refractivity contribution in [2.45, 2.75) is 32.2 Å². The van der Waals surface area contributed by atoms with Gasteiger partial charge in [0.05, 0.1) is 12.5 Å². The first-order chi connectivity index (χ1) is 6.29. The molecule has 1 aromatic heterocycles. The first kappa shape index (κ1) is 8.82. The predicted molar refractivity (Wildman–Crippen MR) is 52.1 cm³/mol. The summed E-state index contributed by atoms with van der Waals surface area (Å²) in [5.41, 5.74) is 7.33. The molecule has 2 nitrogen and oxygen atoms in total. The fraction of sp³-hybridized carbons (Fsp3) is 0.636. The van der Waals surface area contributed by atoms with Crippen LogP contribution >= 0.6 is 0 Å². The highest BCUT2D eigenvalue weighted by Crippen LogP contribution is 2.38. The van der Waals surface area contributed by atoms with Crippen molar-refractivity contribution in [2.24, 2.45) is 17.6 Å². The molecule has 2 N–H and O–H groups in total. The van der Waals surface area contributed by atoms with E-state index in [1.807, 2.05) is 6.07 Å². The van der Waals surface area contributed by atoms with Gasteiger partial charge in [0, 0.05) is 11.6 Å². The lowest BCUT2D eigenvalue weighted by Gasteiger charge is -2.21. The minimum atomic E-state index is 0.177. The topological polar surface area (TPSA) is 39.2 Å². The van der Waals surface area contributed by atoms with Crippen LogP contribution in [-0.2, 0) is 0 Å². The molecule has 0 amide bonds. The molecule has 2 rings (SSSR count). The molecule has 13 heavy (non-hydrogen) atoms. The molecule has 3 atom stereocenters. The summed E-state index contributed by atoms with van der Waals surface area (Å²) in [5, 5.41) is 0. The summed E-state index contributed by atoms with van der Waals surface area (Å²) in [6, 6.07) is 2.16. The fourth-order valence-electron chi connectivity index (χ4n) is 2.42. The van der Waals surface area contributed by atoms with E-state index in [0.29, 0.717) is 5.92 Å². The van der Waals surface area contributed by atoms with Crippen molar-refractivity contribution in [3.63, 3.8) is 0 Å². The summed E-state index contributed by atoms with van der Waals surface area (Å²) in [4.78, 5) is 0. The van der Waals surface area contributed by atoms with E-state index in [2.05, 4.69) is 6.92 Å². The van der Waals surface area contributed by atoms with Crippen molar-refractivity contribution < 1.29 is 4.42 Å². The minimum Gasteiger partial charge on any atom is -0.472 e. The van der Waals surface area contributed by atoms with Crippen molar-refractivity contribution in [1.82, 2.24) is 0 Å². The van der Waals surface area contributed by atoms with E-state index in [9.17, 15) is 0 Å². The summed E-state index contributed by atoms with van der Waals surface area (Å²) in [6.45, 7) is 2.30. The predicted octanol–water partition coefficient (Wildman–Crippen LogP) is 2.72. The van der Waals surface area contributed by atoms with E-state index < -0.39 is 0 Å². The van der Waals surface area contributed by atoms with Gasteiger partial charge in [-0.1, -0.05) is 19.8 Å². The van der Waals surface area contributed by atoms with Gasteiger partial charge in [0.2, 0.25) is 0 Å². The second-order valence-electron chi connectivity index (χ2n) is 4.15. The third kappa shape index (κ3) is 1.63. The van der Waals surface area contributed by atoms with Gasteiger partial charge in [0.15, 0.2) is 0 Å². The average Bonchev–Trinajstić information content (AvgIpc) is 2.72. The standard InChI is InChI=1S/C11H17NO/c1-8-3-2-4-10(8)11(12)9-5-6-13-7-9/h5-8,10-11H,2-4,12H2,1H3. The Hall–Kier alpha value is -0.760. The maximum atomic E-state index is 6.18. The zero-order chi connectivity index (χ0) is 9.26. The van der Waals surface area contributed by atoms with Crippen LogP contribution in [0, 0.1) is 11.8 Å². The monoisotopic (exact) mass is 179 g/mol. The molecule has 0 aromatic carbocycles. The van der Waals surface area contributed by atoms with E-state index >= 15 is 0 Å². The van der Waals surface area contributed by atoms with Gasteiger partial charge in [-0.25, -0.2) is 0 Å². The number of hydrogen-bond donors (Lipinski definition) is 1. The third-order valence-electron chi connectivity index (χ3n) is 3.32. The van der Waals surface area contributed by atoms with Gasteiger partial charge < -0.3 is 10.2 Å². The zero-order valence-corrected chi connectivity index (χ0v) is 8.07. The molecule has 0 spiro atoms. The summed E-state index contributed by atoms with van der Waals surface area (Å²) in [7, 11) is 0. The van der Waals surface area contributed by atoms with E-state index in [1.54, 1.807) is 12.5 Å². The average molecular weight is 179 g/mol. The van der Waals surface area contributed by atoms with Gasteiger partial charge in [-0.3, -0.25) is 0 Å². The highest BCUT2D eigenvalue weighted by Gasteiger charge is 2.29. The summed E-state index contributed by atoms with van der Waals surface area (Å²) in [6.07, 6.45) is 7.41. The number of nitrogens with two attached hydrogens (primary N) is 1. The lowest BCUT2D eigenvalue weighted by Crippen LogP contribution is -2.22. The van der Waals surface area contributed by atoms with Crippen LogP contribution in [0.1, 0.15) is 37.8 Å². The van der Waals surface area contributed by atoms with E-state index in [1.165, 1.54) is 19.3 Å². The van der Waals surface area contributed by atoms with Gasteiger partial charge >= 0.3 is 0 Å². The fourth-order valence-corrected chi connectivity index (χ4v) is 2.42. The molecule has 1 aliphatic rings. The van der Waals surface area contributed by atoms with Crippen LogP contribution in [-0.4, -0.2) is 0 Å². The molecule has 0 aliphatic heterocycles. The van der Waals surface area contributed by atoms with Crippen LogP contribution in [0.2, 0.25) is 0 Å². The Morgan fingerprint density at radius 3 is 2.92 bits per heavy atom. The third-order valence-corrected chi connectivity index (χ3v) is 3.32. The van der Waals surface area contributed by atoms with Crippen molar-refractivity contribution in [1.29, 1.82) is 0 Å². The molecule has 0 saturated heterocycles. The molecule has 72 valence electrons. The Bertz CT molecular complexity index is 255. The van der Waals surface area contributed by atoms with Crippen molar-refractivity contribution in [3.05, 3.63) is 24.2 Å². The Kier molecular flexibility index (Phi) is 2.40. The van der Waals surface area contributed by atoms with Gasteiger partial charge in [0.25, 0.3) is 0 Å². The number of hydrogen-bond acceptors (Lipinski definition) is 2. The van der Waals surface area contributed by atoms with Crippen LogP contribution in [0.4, 0.5) is 0 Å². The first-order valence-corrected chi connectivity index (χ1v) is 5.06. The van der Waals surface area contributed by atoms with Gasteiger partial charge in [-0.2, -0.15) is 0 Å². The maximum Gasteiger partial charge on any atom is 0.0950 e. The van der Waals surface area contributed by atoms with Crippen molar-refractivity contribution >= 4 is 0 Å². The van der Waals surface area contributed by atoms with Crippen LogP contribution in [0.5, 0.6) is 0 Å². The largest absolute Gasteiger partial charge is 0.472 e. The molecule has 1 aliphatic carbocycles. The van der Waals surface area contributed by atoms with E-state index in [4.69, 9.17) is 10.2 Å². The Balaban J connectivity index is 2.08. The molecule has 1 fully saturated rings. The summed E-state index contributed by atoms with van der Waals surface area (Å²) in [5.74, 6) is 1.42. The van der Waals surface area contributed by atoms with Gasteiger partial charge in [0.1, 0.15) is 0 Å². The van der Waals surface area contributed by atoms with E-state index in [0.717, 1.165) is 11.5 Å². The van der Waals surface area contributed by atoms with E-state index in [-0.39, 0.29) is 6.04 Å². The van der Waals surface area contributed by atoms with Gasteiger partial charge in [-0.15, -0.1) is 0 Å². The van der Waals surface area contributed by atoms with Gasteiger partial charge in [-0.05, 0) is 24.3 Å². The Morgan fingerprint density at radius 1 is 1.54 bits per heavy atom. The lowest BCUT2D eigenvalue weighted by atomic mass is 9.88.